The maximum atomic E-state index is 13.0. The Morgan fingerprint density at radius 1 is 1.30 bits per heavy atom. The molecule has 0 saturated heterocycles. The molecule has 0 spiro atoms. The summed E-state index contributed by atoms with van der Waals surface area (Å²) in [6.07, 6.45) is 1.21. The molecule has 0 radical (unpaired) electrons. The van der Waals surface area contributed by atoms with Crippen LogP contribution in [0.1, 0.15) is 32.0 Å². The molecule has 2 N–H and O–H groups in total. The molecule has 5 rings (SSSR count). The Bertz CT molecular complexity index is 1320. The van der Waals surface area contributed by atoms with Crippen LogP contribution in [0.4, 0.5) is 0 Å². The lowest BCUT2D eigenvalue weighted by Crippen LogP contribution is -2.31. The Kier molecular flexibility index (Phi) is 4.85. The predicted molar refractivity (Wildman–Crippen MR) is 111 cm³/mol. The van der Waals surface area contributed by atoms with E-state index >= 15 is 0 Å². The van der Waals surface area contributed by atoms with Crippen LogP contribution < -0.4 is 10.9 Å². The molecule has 1 atom stereocenters. The van der Waals surface area contributed by atoms with Crippen molar-refractivity contribution in [2.75, 3.05) is 6.54 Å². The quantitative estimate of drug-likeness (QED) is 0.455. The number of carbonyl (C=O) groups excluding carboxylic acids is 1. The summed E-state index contributed by atoms with van der Waals surface area (Å²) in [5, 5.41) is 25.7. The molecule has 4 aromatic rings. The topological polar surface area (TPSA) is 128 Å². The summed E-state index contributed by atoms with van der Waals surface area (Å²) in [5.74, 6) is 0.150. The van der Waals surface area contributed by atoms with Crippen molar-refractivity contribution in [3.63, 3.8) is 0 Å². The Hall–Kier alpha value is -2.67. The van der Waals surface area contributed by atoms with E-state index in [9.17, 15) is 14.7 Å². The minimum Gasteiger partial charge on any atom is -0.386 e. The number of rotatable bonds is 5. The van der Waals surface area contributed by atoms with Gasteiger partial charge in [0.25, 0.3) is 11.5 Å². The molecule has 13 heteroatoms. The highest BCUT2D eigenvalue weighted by molar-refractivity contribution is 7.20. The van der Waals surface area contributed by atoms with E-state index in [1.807, 2.05) is 0 Å². The van der Waals surface area contributed by atoms with Gasteiger partial charge in [-0.2, -0.15) is 4.80 Å². The van der Waals surface area contributed by atoms with Crippen LogP contribution in [0.3, 0.4) is 0 Å². The summed E-state index contributed by atoms with van der Waals surface area (Å²) in [6.45, 7) is 0.697. The van der Waals surface area contributed by atoms with Crippen molar-refractivity contribution < 1.29 is 9.90 Å². The van der Waals surface area contributed by atoms with E-state index in [2.05, 4.69) is 25.7 Å². The average Bonchev–Trinajstić information content (AvgIpc) is 3.43. The van der Waals surface area contributed by atoms with Gasteiger partial charge in [-0.15, -0.1) is 32.9 Å². The van der Waals surface area contributed by atoms with Crippen LogP contribution in [0.5, 0.6) is 0 Å². The molecule has 0 fully saturated rings. The Morgan fingerprint density at radius 3 is 2.97 bits per heavy atom. The molecule has 0 bridgehead atoms. The lowest BCUT2D eigenvalue weighted by Gasteiger charge is -2.11. The number of carbonyl (C=O) groups is 1. The predicted octanol–water partition coefficient (Wildman–Crippen LogP) is 1.23. The number of fused-ring (bicyclic) bond motifs is 3. The molecule has 30 heavy (non-hydrogen) atoms. The second-order valence-electron chi connectivity index (χ2n) is 6.69. The number of halogens is 1. The van der Waals surface area contributed by atoms with Crippen LogP contribution in [0, 0.1) is 0 Å². The van der Waals surface area contributed by atoms with Gasteiger partial charge < -0.3 is 10.4 Å². The van der Waals surface area contributed by atoms with E-state index in [0.717, 1.165) is 5.56 Å². The Balaban J connectivity index is 1.39. The fraction of sp³-hybridized carbons (Fsp3) is 0.294. The molecule has 1 amide bonds. The Morgan fingerprint density at radius 2 is 2.17 bits per heavy atom. The van der Waals surface area contributed by atoms with Crippen molar-refractivity contribution in [2.24, 2.45) is 0 Å². The molecular weight excluding hydrogens is 450 g/mol. The van der Waals surface area contributed by atoms with Crippen molar-refractivity contribution in [3.8, 4) is 0 Å². The van der Waals surface area contributed by atoms with Crippen LogP contribution >= 0.6 is 34.3 Å². The summed E-state index contributed by atoms with van der Waals surface area (Å²) in [6, 6.07) is 3.46. The molecule has 5 heterocycles. The average molecular weight is 464 g/mol. The SMILES string of the molecule is O=C1NCCc2c1sc1ncn(Cc3nnn(C[C@H](O)c4ccc(Cl)s4)n3)c(=O)c21. The van der Waals surface area contributed by atoms with Crippen molar-refractivity contribution >= 4 is 50.4 Å². The molecule has 0 saturated carbocycles. The zero-order valence-electron chi connectivity index (χ0n) is 15.3. The summed E-state index contributed by atoms with van der Waals surface area (Å²) in [4.78, 5) is 32.5. The largest absolute Gasteiger partial charge is 0.386 e. The number of thiophene rings is 2. The first-order valence-corrected chi connectivity index (χ1v) is 11.0. The monoisotopic (exact) mass is 463 g/mol. The van der Waals surface area contributed by atoms with Gasteiger partial charge in [0.2, 0.25) is 0 Å². The number of aromatic nitrogens is 6. The van der Waals surface area contributed by atoms with Gasteiger partial charge in [0.15, 0.2) is 5.82 Å². The van der Waals surface area contributed by atoms with Crippen molar-refractivity contribution in [2.45, 2.75) is 25.6 Å². The fourth-order valence-corrected chi connectivity index (χ4v) is 5.45. The normalized spacial score (nSPS) is 14.7. The summed E-state index contributed by atoms with van der Waals surface area (Å²) >= 11 is 8.41. The lowest BCUT2D eigenvalue weighted by molar-refractivity contribution is 0.0950. The maximum absolute atomic E-state index is 13.0. The maximum Gasteiger partial charge on any atom is 0.262 e. The molecule has 0 aromatic carbocycles. The standard InChI is InChI=1S/C17H14ClN7O3S2/c18-11-2-1-10(29-11)9(26)5-25-22-12(21-23-25)6-24-7-20-16-13(17(24)28)8-3-4-19-15(27)14(8)30-16/h1-2,7,9,26H,3-6H2,(H,19,27)/t9-/m0/s1. The van der Waals surface area contributed by atoms with Crippen LogP contribution in [0.25, 0.3) is 10.2 Å². The minimum absolute atomic E-state index is 0.0829. The van der Waals surface area contributed by atoms with Crippen molar-refractivity contribution in [1.29, 1.82) is 0 Å². The van der Waals surface area contributed by atoms with Crippen LogP contribution in [0.2, 0.25) is 4.34 Å². The third-order valence-corrected chi connectivity index (χ3v) is 7.18. The first-order chi connectivity index (χ1) is 14.5. The van der Waals surface area contributed by atoms with Gasteiger partial charge in [-0.25, -0.2) is 4.98 Å². The number of amides is 1. The smallest absolute Gasteiger partial charge is 0.262 e. The number of aliphatic hydroxyl groups excluding tert-OH is 1. The molecule has 1 aliphatic heterocycles. The first-order valence-electron chi connectivity index (χ1n) is 8.98. The van der Waals surface area contributed by atoms with Crippen LogP contribution in [0.15, 0.2) is 23.3 Å². The van der Waals surface area contributed by atoms with E-state index in [4.69, 9.17) is 11.6 Å². The fourth-order valence-electron chi connectivity index (χ4n) is 3.32. The minimum atomic E-state index is -0.811. The third kappa shape index (κ3) is 3.41. The van der Waals surface area contributed by atoms with Gasteiger partial charge in [-0.05, 0) is 29.3 Å². The second-order valence-corrected chi connectivity index (χ2v) is 9.44. The summed E-state index contributed by atoms with van der Waals surface area (Å²) in [7, 11) is 0. The number of nitrogens with one attached hydrogen (secondary N) is 1. The van der Waals surface area contributed by atoms with E-state index in [1.165, 1.54) is 38.4 Å². The second kappa shape index (κ2) is 7.54. The number of hydrogen-bond acceptors (Lipinski definition) is 9. The number of hydrogen-bond donors (Lipinski definition) is 2. The first kappa shape index (κ1) is 19.3. The van der Waals surface area contributed by atoms with Gasteiger partial charge in [-0.1, -0.05) is 11.6 Å². The Labute approximate surface area is 181 Å². The molecular formula is C17H14ClN7O3S2. The van der Waals surface area contributed by atoms with E-state index < -0.39 is 6.10 Å². The molecule has 4 aromatic heterocycles. The van der Waals surface area contributed by atoms with Crippen LogP contribution in [-0.2, 0) is 19.5 Å². The van der Waals surface area contributed by atoms with Crippen molar-refractivity contribution in [1.82, 2.24) is 35.1 Å². The van der Waals surface area contributed by atoms with Gasteiger partial charge in [0.05, 0.1) is 34.0 Å². The zero-order valence-corrected chi connectivity index (χ0v) is 17.7. The van der Waals surface area contributed by atoms with Crippen molar-refractivity contribution in [3.05, 3.63) is 54.3 Å². The summed E-state index contributed by atoms with van der Waals surface area (Å²) in [5.41, 5.74) is 0.511. The van der Waals surface area contributed by atoms with Crippen LogP contribution in [-0.4, -0.2) is 47.3 Å². The van der Waals surface area contributed by atoms with Gasteiger partial charge >= 0.3 is 0 Å². The van der Waals surface area contributed by atoms with E-state index in [1.54, 1.807) is 12.1 Å². The third-order valence-electron chi connectivity index (χ3n) is 4.71. The number of nitrogens with zero attached hydrogens (tertiary/aromatic N) is 6. The molecule has 10 nitrogen and oxygen atoms in total. The molecule has 1 aliphatic rings. The molecule has 154 valence electrons. The van der Waals surface area contributed by atoms with Gasteiger partial charge in [0.1, 0.15) is 10.9 Å². The highest BCUT2D eigenvalue weighted by Crippen LogP contribution is 2.30. The van der Waals surface area contributed by atoms with Gasteiger partial charge in [-0.3, -0.25) is 14.2 Å². The van der Waals surface area contributed by atoms with E-state index in [0.29, 0.717) is 43.1 Å². The van der Waals surface area contributed by atoms with E-state index in [-0.39, 0.29) is 24.6 Å². The molecule has 0 aliphatic carbocycles. The number of aliphatic hydroxyl groups is 1. The highest BCUT2D eigenvalue weighted by atomic mass is 35.5. The zero-order chi connectivity index (χ0) is 20.8. The lowest BCUT2D eigenvalue weighted by atomic mass is 10.1. The summed E-state index contributed by atoms with van der Waals surface area (Å²) < 4.78 is 1.99. The molecule has 0 unspecified atom stereocenters. The number of tetrazole rings is 1. The highest BCUT2D eigenvalue weighted by Gasteiger charge is 2.25. The van der Waals surface area contributed by atoms with Gasteiger partial charge in [0, 0.05) is 11.4 Å².